The molecule has 0 saturated carbocycles. The van der Waals surface area contributed by atoms with Crippen molar-refractivity contribution in [3.63, 3.8) is 0 Å². The topological polar surface area (TPSA) is 84.0 Å². The Hall–Kier alpha value is -3.52. The molecule has 0 spiro atoms. The van der Waals surface area contributed by atoms with Crippen LogP contribution in [0.15, 0.2) is 59.8 Å². The van der Waals surface area contributed by atoms with Gasteiger partial charge in [-0.2, -0.15) is 0 Å². The highest BCUT2D eigenvalue weighted by Crippen LogP contribution is 2.28. The molecule has 4 aromatic rings. The Morgan fingerprint density at radius 3 is 2.82 bits per heavy atom. The molecule has 0 bridgehead atoms. The second-order valence-corrected chi connectivity index (χ2v) is 9.32. The minimum absolute atomic E-state index is 0.0985. The van der Waals surface area contributed by atoms with Gasteiger partial charge >= 0.3 is 0 Å². The second kappa shape index (κ2) is 8.44. The SMILES string of the molecule is CC1(C)CCCCN1Cc1ccc2nc(CNC(=O)c3cc(=O)n4ccccc4n3)cn2c1. The van der Waals surface area contributed by atoms with Gasteiger partial charge in [0.25, 0.3) is 11.5 Å². The quantitative estimate of drug-likeness (QED) is 0.512. The lowest BCUT2D eigenvalue weighted by atomic mass is 9.90. The van der Waals surface area contributed by atoms with Crippen LogP contribution in [0.3, 0.4) is 0 Å². The molecule has 4 aromatic heterocycles. The fourth-order valence-corrected chi connectivity index (χ4v) is 4.54. The number of nitrogens with one attached hydrogen (secondary N) is 1. The molecule has 0 atom stereocenters. The highest BCUT2D eigenvalue weighted by molar-refractivity contribution is 5.92. The second-order valence-electron chi connectivity index (χ2n) is 9.32. The zero-order chi connectivity index (χ0) is 23.0. The number of amides is 1. The predicted molar refractivity (Wildman–Crippen MR) is 126 cm³/mol. The summed E-state index contributed by atoms with van der Waals surface area (Å²) in [6.07, 6.45) is 9.45. The van der Waals surface area contributed by atoms with Crippen molar-refractivity contribution in [3.05, 3.63) is 82.3 Å². The van der Waals surface area contributed by atoms with Crippen molar-refractivity contribution >= 4 is 17.2 Å². The van der Waals surface area contributed by atoms with Crippen LogP contribution in [0, 0.1) is 0 Å². The molecule has 1 saturated heterocycles. The molecule has 0 radical (unpaired) electrons. The summed E-state index contributed by atoms with van der Waals surface area (Å²) >= 11 is 0. The summed E-state index contributed by atoms with van der Waals surface area (Å²) in [6, 6.07) is 10.6. The molecule has 8 nitrogen and oxygen atoms in total. The molecule has 5 heterocycles. The van der Waals surface area contributed by atoms with E-state index < -0.39 is 5.91 Å². The van der Waals surface area contributed by atoms with Gasteiger partial charge in [-0.1, -0.05) is 18.6 Å². The molecule has 1 amide bonds. The van der Waals surface area contributed by atoms with Crippen LogP contribution in [0.1, 0.15) is 54.9 Å². The lowest BCUT2D eigenvalue weighted by Crippen LogP contribution is -2.46. The van der Waals surface area contributed by atoms with Crippen molar-refractivity contribution in [3.8, 4) is 0 Å². The molecular weight excluding hydrogens is 416 g/mol. The van der Waals surface area contributed by atoms with Gasteiger partial charge in [-0.05, 0) is 57.0 Å². The van der Waals surface area contributed by atoms with Gasteiger partial charge in [0.15, 0.2) is 0 Å². The number of aromatic nitrogens is 4. The van der Waals surface area contributed by atoms with Crippen LogP contribution in [0.25, 0.3) is 11.3 Å². The molecule has 1 fully saturated rings. The normalized spacial score (nSPS) is 16.3. The molecule has 5 rings (SSSR count). The van der Waals surface area contributed by atoms with Crippen molar-refractivity contribution in [2.24, 2.45) is 0 Å². The number of pyridine rings is 2. The molecule has 1 N–H and O–H groups in total. The summed E-state index contributed by atoms with van der Waals surface area (Å²) in [5.74, 6) is -0.400. The Balaban J connectivity index is 1.29. The number of hydrogen-bond acceptors (Lipinski definition) is 5. The van der Waals surface area contributed by atoms with Gasteiger partial charge in [0.2, 0.25) is 0 Å². The molecule has 0 unspecified atom stereocenters. The number of fused-ring (bicyclic) bond motifs is 2. The van der Waals surface area contributed by atoms with Crippen molar-refractivity contribution in [1.29, 1.82) is 0 Å². The van der Waals surface area contributed by atoms with Crippen molar-refractivity contribution in [2.45, 2.75) is 51.7 Å². The number of imidazole rings is 1. The largest absolute Gasteiger partial charge is 0.345 e. The van der Waals surface area contributed by atoms with Crippen LogP contribution in [-0.2, 0) is 13.1 Å². The van der Waals surface area contributed by atoms with Gasteiger partial charge in [-0.3, -0.25) is 18.9 Å². The van der Waals surface area contributed by atoms with Crippen molar-refractivity contribution < 1.29 is 4.79 Å². The monoisotopic (exact) mass is 444 g/mol. The van der Waals surface area contributed by atoms with Crippen LogP contribution >= 0.6 is 0 Å². The molecule has 8 heteroatoms. The molecular formula is C25H28N6O2. The highest BCUT2D eigenvalue weighted by atomic mass is 16.2. The first-order chi connectivity index (χ1) is 15.9. The van der Waals surface area contributed by atoms with Crippen LogP contribution in [0.5, 0.6) is 0 Å². The fraction of sp³-hybridized carbons (Fsp3) is 0.360. The first kappa shape index (κ1) is 21.3. The predicted octanol–water partition coefficient (Wildman–Crippen LogP) is 3.04. The number of piperidine rings is 1. The summed E-state index contributed by atoms with van der Waals surface area (Å²) in [7, 11) is 0. The van der Waals surface area contributed by atoms with Crippen molar-refractivity contribution in [2.75, 3.05) is 6.54 Å². The zero-order valence-electron chi connectivity index (χ0n) is 19.0. The van der Waals surface area contributed by atoms with Crippen LogP contribution in [-0.4, -0.2) is 41.7 Å². The average Bonchev–Trinajstić information content (AvgIpc) is 3.21. The number of likely N-dealkylation sites (tertiary alicyclic amines) is 1. The maximum absolute atomic E-state index is 12.6. The Bertz CT molecular complexity index is 1390. The Morgan fingerprint density at radius 2 is 1.97 bits per heavy atom. The molecule has 1 aliphatic heterocycles. The van der Waals surface area contributed by atoms with Gasteiger partial charge in [0.05, 0.1) is 12.2 Å². The summed E-state index contributed by atoms with van der Waals surface area (Å²) in [5.41, 5.74) is 3.29. The van der Waals surface area contributed by atoms with Gasteiger partial charge in [0.1, 0.15) is 17.0 Å². The number of carbonyl (C=O) groups is 1. The Kier molecular flexibility index (Phi) is 5.46. The maximum Gasteiger partial charge on any atom is 0.270 e. The standard InChI is InChI=1S/C25H28N6O2/c1-25(2)10-4-6-11-30(25)16-18-8-9-21-27-19(17-29(21)15-18)14-26-24(33)20-13-23(32)31-12-5-3-7-22(31)28-20/h3,5,7-9,12-13,15,17H,4,6,10-11,14,16H2,1-2H3,(H,26,33). The minimum Gasteiger partial charge on any atom is -0.345 e. The maximum atomic E-state index is 12.6. The minimum atomic E-state index is -0.400. The van der Waals surface area contributed by atoms with E-state index in [0.29, 0.717) is 5.65 Å². The number of hydrogen-bond donors (Lipinski definition) is 1. The first-order valence-electron chi connectivity index (χ1n) is 11.4. The zero-order valence-corrected chi connectivity index (χ0v) is 19.0. The van der Waals surface area contributed by atoms with E-state index >= 15 is 0 Å². The third-order valence-electron chi connectivity index (χ3n) is 6.49. The molecule has 0 aromatic carbocycles. The number of carbonyl (C=O) groups excluding carboxylic acids is 1. The van der Waals surface area contributed by atoms with E-state index in [0.717, 1.165) is 24.4 Å². The fourth-order valence-electron chi connectivity index (χ4n) is 4.54. The van der Waals surface area contributed by atoms with E-state index in [-0.39, 0.29) is 23.3 Å². The van der Waals surface area contributed by atoms with E-state index in [1.54, 1.807) is 24.4 Å². The lowest BCUT2D eigenvalue weighted by molar-refractivity contribution is 0.0691. The first-order valence-corrected chi connectivity index (χ1v) is 11.4. The summed E-state index contributed by atoms with van der Waals surface area (Å²) < 4.78 is 3.41. The van der Waals surface area contributed by atoms with Gasteiger partial charge in [0, 0.05) is 36.7 Å². The summed E-state index contributed by atoms with van der Waals surface area (Å²) in [5, 5.41) is 2.83. The van der Waals surface area contributed by atoms with E-state index in [2.05, 4.69) is 46.3 Å². The average molecular weight is 445 g/mol. The number of rotatable bonds is 5. The molecule has 33 heavy (non-hydrogen) atoms. The van der Waals surface area contributed by atoms with Gasteiger partial charge in [-0.25, -0.2) is 9.97 Å². The van der Waals surface area contributed by atoms with Gasteiger partial charge in [-0.15, -0.1) is 0 Å². The van der Waals surface area contributed by atoms with E-state index in [1.807, 2.05) is 16.7 Å². The van der Waals surface area contributed by atoms with Crippen LogP contribution in [0.2, 0.25) is 0 Å². The van der Waals surface area contributed by atoms with Crippen molar-refractivity contribution in [1.82, 2.24) is 29.0 Å². The van der Waals surface area contributed by atoms with E-state index in [9.17, 15) is 9.59 Å². The highest BCUT2D eigenvalue weighted by Gasteiger charge is 2.29. The summed E-state index contributed by atoms with van der Waals surface area (Å²) in [4.78, 5) is 36.3. The van der Waals surface area contributed by atoms with E-state index in [1.165, 1.54) is 35.3 Å². The third-order valence-corrected chi connectivity index (χ3v) is 6.49. The molecule has 0 aliphatic carbocycles. The number of nitrogens with zero attached hydrogens (tertiary/aromatic N) is 5. The lowest BCUT2D eigenvalue weighted by Gasteiger charge is -2.42. The Labute approximate surface area is 191 Å². The Morgan fingerprint density at radius 1 is 1.09 bits per heavy atom. The third kappa shape index (κ3) is 4.39. The van der Waals surface area contributed by atoms with Crippen LogP contribution in [0.4, 0.5) is 0 Å². The summed E-state index contributed by atoms with van der Waals surface area (Å²) in [6.45, 7) is 6.93. The molecule has 1 aliphatic rings. The van der Waals surface area contributed by atoms with E-state index in [4.69, 9.17) is 0 Å². The van der Waals surface area contributed by atoms with Gasteiger partial charge < -0.3 is 9.72 Å². The van der Waals surface area contributed by atoms with Crippen LogP contribution < -0.4 is 10.9 Å². The smallest absolute Gasteiger partial charge is 0.270 e. The molecule has 170 valence electrons.